The zero-order valence-corrected chi connectivity index (χ0v) is 19.0. The van der Waals surface area contributed by atoms with Gasteiger partial charge in [-0.3, -0.25) is 19.3 Å². The number of nitrogens with zero attached hydrogens (tertiary/aromatic N) is 2. The van der Waals surface area contributed by atoms with E-state index in [-0.39, 0.29) is 28.4 Å². The molecule has 1 aliphatic rings. The van der Waals surface area contributed by atoms with Gasteiger partial charge in [-0.1, -0.05) is 12.1 Å². The summed E-state index contributed by atoms with van der Waals surface area (Å²) in [6.45, 7) is 0.928. The maximum absolute atomic E-state index is 13.8. The molecule has 1 saturated heterocycles. The van der Waals surface area contributed by atoms with Crippen LogP contribution in [0.1, 0.15) is 33.6 Å². The maximum Gasteiger partial charge on any atom is 0.261 e. The van der Waals surface area contributed by atoms with Crippen LogP contribution in [0.25, 0.3) is 0 Å². The first-order valence-electron chi connectivity index (χ1n) is 10.7. The molecule has 0 unspecified atom stereocenters. The summed E-state index contributed by atoms with van der Waals surface area (Å²) >= 11 is 0. The molecular weight excluding hydrogens is 459 g/mol. The molecule has 0 radical (unpaired) electrons. The molecule has 10 heteroatoms. The number of carbonyl (C=O) groups excluding carboxylic acids is 2. The van der Waals surface area contributed by atoms with Gasteiger partial charge < -0.3 is 10.2 Å². The Morgan fingerprint density at radius 3 is 2.29 bits per heavy atom. The zero-order valence-electron chi connectivity index (χ0n) is 18.1. The monoisotopic (exact) mass is 482 g/mol. The third-order valence-corrected chi connectivity index (χ3v) is 6.95. The van der Waals surface area contributed by atoms with Gasteiger partial charge in [0.2, 0.25) is 0 Å². The molecule has 2 N–H and O–H groups in total. The van der Waals surface area contributed by atoms with Crippen molar-refractivity contribution in [1.82, 2.24) is 15.2 Å². The van der Waals surface area contributed by atoms with Crippen LogP contribution in [0, 0.1) is 5.82 Å². The Balaban J connectivity index is 1.34. The van der Waals surface area contributed by atoms with Crippen LogP contribution in [0.5, 0.6) is 0 Å². The molecular formula is C24H23FN4O4S. The standard InChI is InChI=1S/C24H23FN4O4S/c25-21-5-1-2-6-22(21)28-34(32,33)20-9-7-17(8-10-20)24(31)29-14-11-19(12-15-29)27-23(30)18-4-3-13-26-16-18/h1-10,13,16,19,28H,11-12,14-15H2,(H,27,30). The van der Waals surface area contributed by atoms with Gasteiger partial charge in [0.15, 0.2) is 0 Å². The van der Waals surface area contributed by atoms with E-state index >= 15 is 0 Å². The number of sulfonamides is 1. The minimum absolute atomic E-state index is 0.0475. The SMILES string of the molecule is O=C(NC1CCN(C(=O)c2ccc(S(=O)(=O)Nc3ccccc3F)cc2)CC1)c1cccnc1. The van der Waals surface area contributed by atoms with Crippen LogP contribution in [-0.4, -0.2) is 49.2 Å². The fourth-order valence-corrected chi connectivity index (χ4v) is 4.77. The van der Waals surface area contributed by atoms with E-state index in [4.69, 9.17) is 0 Å². The Morgan fingerprint density at radius 1 is 0.941 bits per heavy atom. The molecule has 0 spiro atoms. The lowest BCUT2D eigenvalue weighted by Crippen LogP contribution is -2.46. The molecule has 2 amide bonds. The molecule has 34 heavy (non-hydrogen) atoms. The summed E-state index contributed by atoms with van der Waals surface area (Å²) in [5.41, 5.74) is 0.685. The molecule has 4 rings (SSSR count). The molecule has 1 fully saturated rings. The minimum atomic E-state index is -4.00. The van der Waals surface area contributed by atoms with Gasteiger partial charge in [-0.25, -0.2) is 12.8 Å². The maximum atomic E-state index is 13.8. The molecule has 0 saturated carbocycles. The molecule has 0 aliphatic carbocycles. The number of pyridine rings is 1. The molecule has 1 aromatic heterocycles. The lowest BCUT2D eigenvalue weighted by molar-refractivity contribution is 0.0698. The molecule has 2 aromatic carbocycles. The van der Waals surface area contributed by atoms with Gasteiger partial charge in [-0.05, 0) is 61.4 Å². The number of hydrogen-bond donors (Lipinski definition) is 2. The summed E-state index contributed by atoms with van der Waals surface area (Å²) in [5.74, 6) is -1.10. The predicted octanol–water partition coefficient (Wildman–Crippen LogP) is 3.06. The quantitative estimate of drug-likeness (QED) is 0.561. The molecule has 2 heterocycles. The largest absolute Gasteiger partial charge is 0.349 e. The van der Waals surface area contributed by atoms with Gasteiger partial charge in [-0.15, -0.1) is 0 Å². The van der Waals surface area contributed by atoms with Gasteiger partial charge in [0, 0.05) is 37.1 Å². The second kappa shape index (κ2) is 10.0. The van der Waals surface area contributed by atoms with Gasteiger partial charge in [0.05, 0.1) is 16.1 Å². The van der Waals surface area contributed by atoms with Crippen LogP contribution in [0.4, 0.5) is 10.1 Å². The Hall–Kier alpha value is -3.79. The van der Waals surface area contributed by atoms with Crippen molar-refractivity contribution >= 4 is 27.5 Å². The fourth-order valence-electron chi connectivity index (χ4n) is 3.70. The molecule has 0 bridgehead atoms. The number of benzene rings is 2. The van der Waals surface area contributed by atoms with E-state index in [1.165, 1.54) is 48.7 Å². The number of hydrogen-bond acceptors (Lipinski definition) is 5. The lowest BCUT2D eigenvalue weighted by atomic mass is 10.0. The fraction of sp³-hybridized carbons (Fsp3) is 0.208. The van der Waals surface area contributed by atoms with Crippen molar-refractivity contribution in [2.75, 3.05) is 17.8 Å². The lowest BCUT2D eigenvalue weighted by Gasteiger charge is -2.32. The van der Waals surface area contributed by atoms with Gasteiger partial charge in [0.1, 0.15) is 5.82 Å². The number of aromatic nitrogens is 1. The van der Waals surface area contributed by atoms with Crippen molar-refractivity contribution in [3.05, 3.63) is 90.0 Å². The first-order valence-corrected chi connectivity index (χ1v) is 12.2. The van der Waals surface area contributed by atoms with Crippen LogP contribution >= 0.6 is 0 Å². The Labute approximate surface area is 196 Å². The topological polar surface area (TPSA) is 108 Å². The average Bonchev–Trinajstić information content (AvgIpc) is 2.86. The second-order valence-corrected chi connectivity index (χ2v) is 9.57. The van der Waals surface area contributed by atoms with Crippen LogP contribution in [-0.2, 0) is 10.0 Å². The number of carbonyl (C=O) groups is 2. The predicted molar refractivity (Wildman–Crippen MR) is 124 cm³/mol. The summed E-state index contributed by atoms with van der Waals surface area (Å²) in [4.78, 5) is 30.7. The number of rotatable bonds is 6. The van der Waals surface area contributed by atoms with Crippen molar-refractivity contribution in [1.29, 1.82) is 0 Å². The first kappa shape index (κ1) is 23.4. The van der Waals surface area contributed by atoms with Crippen LogP contribution in [0.3, 0.4) is 0 Å². The van der Waals surface area contributed by atoms with Crippen molar-refractivity contribution in [2.45, 2.75) is 23.8 Å². The van der Waals surface area contributed by atoms with Crippen LogP contribution in [0.2, 0.25) is 0 Å². The minimum Gasteiger partial charge on any atom is -0.349 e. The van der Waals surface area contributed by atoms with E-state index in [0.29, 0.717) is 37.1 Å². The summed E-state index contributed by atoms with van der Waals surface area (Å²) < 4.78 is 41.1. The number of piperidine rings is 1. The average molecular weight is 483 g/mol. The van der Waals surface area contributed by atoms with Crippen molar-refractivity contribution in [3.63, 3.8) is 0 Å². The van der Waals surface area contributed by atoms with E-state index in [9.17, 15) is 22.4 Å². The first-order chi connectivity index (χ1) is 16.3. The van der Waals surface area contributed by atoms with E-state index in [1.54, 1.807) is 23.2 Å². The molecule has 0 atom stereocenters. The highest BCUT2D eigenvalue weighted by Crippen LogP contribution is 2.20. The van der Waals surface area contributed by atoms with Gasteiger partial charge in [0.25, 0.3) is 21.8 Å². The number of para-hydroxylation sites is 1. The highest BCUT2D eigenvalue weighted by Gasteiger charge is 2.25. The summed E-state index contributed by atoms with van der Waals surface area (Å²) in [6, 6.07) is 14.3. The van der Waals surface area contributed by atoms with Crippen molar-refractivity contribution in [2.24, 2.45) is 0 Å². The second-order valence-electron chi connectivity index (χ2n) is 7.89. The summed E-state index contributed by atoms with van der Waals surface area (Å²) in [7, 11) is -4.00. The normalized spacial score (nSPS) is 14.4. The van der Waals surface area contributed by atoms with Crippen molar-refractivity contribution in [3.8, 4) is 0 Å². The third-order valence-electron chi connectivity index (χ3n) is 5.57. The smallest absolute Gasteiger partial charge is 0.261 e. The number of nitrogens with one attached hydrogen (secondary N) is 2. The van der Waals surface area contributed by atoms with Crippen LogP contribution < -0.4 is 10.0 Å². The van der Waals surface area contributed by atoms with Gasteiger partial charge >= 0.3 is 0 Å². The molecule has 8 nitrogen and oxygen atoms in total. The Morgan fingerprint density at radius 2 is 1.65 bits per heavy atom. The van der Waals surface area contributed by atoms with Gasteiger partial charge in [-0.2, -0.15) is 0 Å². The highest BCUT2D eigenvalue weighted by molar-refractivity contribution is 7.92. The molecule has 3 aromatic rings. The van der Waals surface area contributed by atoms with E-state index in [2.05, 4.69) is 15.0 Å². The molecule has 1 aliphatic heterocycles. The Bertz CT molecular complexity index is 1280. The Kier molecular flexibility index (Phi) is 6.87. The number of amides is 2. The summed E-state index contributed by atoms with van der Waals surface area (Å²) in [5, 5.41) is 2.97. The van der Waals surface area contributed by atoms with E-state index in [1.807, 2.05) is 0 Å². The highest BCUT2D eigenvalue weighted by atomic mass is 32.2. The van der Waals surface area contributed by atoms with Crippen LogP contribution in [0.15, 0.2) is 78.0 Å². The number of halogens is 1. The third kappa shape index (κ3) is 5.40. The zero-order chi connectivity index (χ0) is 24.1. The summed E-state index contributed by atoms with van der Waals surface area (Å²) in [6.07, 6.45) is 4.32. The van der Waals surface area contributed by atoms with Crippen molar-refractivity contribution < 1.29 is 22.4 Å². The van der Waals surface area contributed by atoms with E-state index in [0.717, 1.165) is 6.07 Å². The van der Waals surface area contributed by atoms with E-state index < -0.39 is 15.8 Å². The number of anilines is 1. The number of likely N-dealkylation sites (tertiary alicyclic amines) is 1. The molecule has 176 valence electrons.